The number of aryl methyl sites for hydroxylation is 1. The molecule has 0 saturated carbocycles. The Balaban J connectivity index is 2.51. The number of aromatic nitrogens is 1. The minimum Gasteiger partial charge on any atom is -0.393 e. The van der Waals surface area contributed by atoms with Crippen LogP contribution < -0.4 is 5.32 Å². The van der Waals surface area contributed by atoms with Crippen LogP contribution in [-0.4, -0.2) is 22.7 Å². The molecule has 1 heterocycles. The van der Waals surface area contributed by atoms with Gasteiger partial charge in [0.15, 0.2) is 0 Å². The smallest absolute Gasteiger partial charge is 0.140 e. The van der Waals surface area contributed by atoms with Crippen molar-refractivity contribution in [2.45, 2.75) is 26.4 Å². The SMILES string of the molecule is Cc1cnc(NCC[C@@H](C)O)c(Br)c1. The van der Waals surface area contributed by atoms with E-state index < -0.39 is 0 Å². The van der Waals surface area contributed by atoms with Crippen molar-refractivity contribution in [2.75, 3.05) is 11.9 Å². The lowest BCUT2D eigenvalue weighted by Gasteiger charge is -2.08. The van der Waals surface area contributed by atoms with Gasteiger partial charge in [0.1, 0.15) is 5.82 Å². The molecule has 0 spiro atoms. The van der Waals surface area contributed by atoms with Gasteiger partial charge in [0.2, 0.25) is 0 Å². The lowest BCUT2D eigenvalue weighted by molar-refractivity contribution is 0.188. The molecule has 1 aromatic rings. The van der Waals surface area contributed by atoms with Crippen LogP contribution in [0.25, 0.3) is 0 Å². The number of hydrogen-bond acceptors (Lipinski definition) is 3. The van der Waals surface area contributed by atoms with Gasteiger partial charge in [0.05, 0.1) is 10.6 Å². The van der Waals surface area contributed by atoms with Gasteiger partial charge < -0.3 is 10.4 Å². The van der Waals surface area contributed by atoms with Crippen LogP contribution in [-0.2, 0) is 0 Å². The summed E-state index contributed by atoms with van der Waals surface area (Å²) in [7, 11) is 0. The summed E-state index contributed by atoms with van der Waals surface area (Å²) in [5, 5.41) is 12.2. The topological polar surface area (TPSA) is 45.2 Å². The van der Waals surface area contributed by atoms with E-state index in [-0.39, 0.29) is 6.10 Å². The summed E-state index contributed by atoms with van der Waals surface area (Å²) in [5.41, 5.74) is 1.12. The predicted octanol–water partition coefficient (Wildman–Crippen LogP) is 2.34. The molecule has 0 radical (unpaired) electrons. The normalized spacial score (nSPS) is 12.6. The maximum Gasteiger partial charge on any atom is 0.140 e. The van der Waals surface area contributed by atoms with Crippen LogP contribution in [0.3, 0.4) is 0 Å². The zero-order valence-electron chi connectivity index (χ0n) is 8.42. The summed E-state index contributed by atoms with van der Waals surface area (Å²) in [6, 6.07) is 2.01. The average molecular weight is 259 g/mol. The molecule has 4 heteroatoms. The Kier molecular flexibility index (Phi) is 4.35. The molecular formula is C10H15BrN2O. The third-order valence-corrected chi connectivity index (χ3v) is 2.44. The number of nitrogens with zero attached hydrogens (tertiary/aromatic N) is 1. The number of halogens is 1. The van der Waals surface area contributed by atoms with E-state index in [1.165, 1.54) is 0 Å². The first kappa shape index (κ1) is 11.5. The summed E-state index contributed by atoms with van der Waals surface area (Å²) in [6.07, 6.45) is 2.27. The van der Waals surface area contributed by atoms with Crippen molar-refractivity contribution in [1.82, 2.24) is 4.98 Å². The van der Waals surface area contributed by atoms with Crippen molar-refractivity contribution in [3.63, 3.8) is 0 Å². The molecule has 0 fully saturated rings. The zero-order valence-corrected chi connectivity index (χ0v) is 10.0. The fraction of sp³-hybridized carbons (Fsp3) is 0.500. The second-order valence-electron chi connectivity index (χ2n) is 3.41. The molecule has 0 amide bonds. The van der Waals surface area contributed by atoms with Crippen LogP contribution in [0.2, 0.25) is 0 Å². The lowest BCUT2D eigenvalue weighted by Crippen LogP contribution is -2.10. The van der Waals surface area contributed by atoms with Gasteiger partial charge in [-0.05, 0) is 47.8 Å². The van der Waals surface area contributed by atoms with Crippen molar-refractivity contribution in [3.05, 3.63) is 22.3 Å². The minimum absolute atomic E-state index is 0.272. The first-order chi connectivity index (χ1) is 6.59. The molecule has 3 nitrogen and oxygen atoms in total. The largest absolute Gasteiger partial charge is 0.393 e. The highest BCUT2D eigenvalue weighted by Gasteiger charge is 2.01. The Labute approximate surface area is 92.7 Å². The third kappa shape index (κ3) is 3.64. The van der Waals surface area contributed by atoms with E-state index in [4.69, 9.17) is 5.11 Å². The Hall–Kier alpha value is -0.610. The molecule has 0 aliphatic heterocycles. The van der Waals surface area contributed by atoms with Gasteiger partial charge in [-0.1, -0.05) is 0 Å². The van der Waals surface area contributed by atoms with Crippen molar-refractivity contribution in [2.24, 2.45) is 0 Å². The molecular weight excluding hydrogens is 244 g/mol. The first-order valence-corrected chi connectivity index (χ1v) is 5.43. The molecule has 0 saturated heterocycles. The lowest BCUT2D eigenvalue weighted by atomic mass is 10.3. The van der Waals surface area contributed by atoms with Crippen molar-refractivity contribution >= 4 is 21.7 Å². The standard InChI is InChI=1S/C10H15BrN2O/c1-7-5-9(11)10(13-6-7)12-4-3-8(2)14/h5-6,8,14H,3-4H2,1-2H3,(H,12,13)/t8-/m1/s1. The van der Waals surface area contributed by atoms with Gasteiger partial charge in [-0.15, -0.1) is 0 Å². The summed E-state index contributed by atoms with van der Waals surface area (Å²) < 4.78 is 0.961. The molecule has 1 atom stereocenters. The fourth-order valence-electron chi connectivity index (χ4n) is 1.06. The highest BCUT2D eigenvalue weighted by molar-refractivity contribution is 9.10. The third-order valence-electron chi connectivity index (χ3n) is 1.83. The van der Waals surface area contributed by atoms with Crippen LogP contribution in [0.15, 0.2) is 16.7 Å². The molecule has 0 bridgehead atoms. The fourth-order valence-corrected chi connectivity index (χ4v) is 1.67. The number of anilines is 1. The number of nitrogens with one attached hydrogen (secondary N) is 1. The van der Waals surface area contributed by atoms with E-state index in [1.807, 2.05) is 19.2 Å². The second kappa shape index (κ2) is 5.32. The zero-order chi connectivity index (χ0) is 10.6. The van der Waals surface area contributed by atoms with Gasteiger partial charge in [-0.2, -0.15) is 0 Å². The van der Waals surface area contributed by atoms with Gasteiger partial charge >= 0.3 is 0 Å². The molecule has 2 N–H and O–H groups in total. The highest BCUT2D eigenvalue weighted by atomic mass is 79.9. The first-order valence-electron chi connectivity index (χ1n) is 4.63. The van der Waals surface area contributed by atoms with Crippen LogP contribution in [0.5, 0.6) is 0 Å². The van der Waals surface area contributed by atoms with E-state index in [2.05, 4.69) is 26.2 Å². The average Bonchev–Trinajstić information content (AvgIpc) is 2.08. The molecule has 0 unspecified atom stereocenters. The van der Waals surface area contributed by atoms with Crippen LogP contribution in [0.1, 0.15) is 18.9 Å². The molecule has 1 aromatic heterocycles. The number of aliphatic hydroxyl groups is 1. The number of aliphatic hydroxyl groups excluding tert-OH is 1. The quantitative estimate of drug-likeness (QED) is 0.872. The van der Waals surface area contributed by atoms with E-state index in [1.54, 1.807) is 6.92 Å². The van der Waals surface area contributed by atoms with Crippen molar-refractivity contribution in [3.8, 4) is 0 Å². The molecule has 14 heavy (non-hydrogen) atoms. The maximum absolute atomic E-state index is 9.07. The van der Waals surface area contributed by atoms with E-state index in [0.717, 1.165) is 28.8 Å². The van der Waals surface area contributed by atoms with Gasteiger partial charge in [-0.3, -0.25) is 0 Å². The van der Waals surface area contributed by atoms with E-state index in [9.17, 15) is 0 Å². The summed E-state index contributed by atoms with van der Waals surface area (Å²) >= 11 is 3.43. The number of rotatable bonds is 4. The Morgan fingerprint density at radius 2 is 2.36 bits per heavy atom. The van der Waals surface area contributed by atoms with Crippen LogP contribution >= 0.6 is 15.9 Å². The summed E-state index contributed by atoms with van der Waals surface area (Å²) in [5.74, 6) is 0.830. The Morgan fingerprint density at radius 3 is 2.93 bits per heavy atom. The van der Waals surface area contributed by atoms with E-state index in [0.29, 0.717) is 0 Å². The van der Waals surface area contributed by atoms with Crippen LogP contribution in [0, 0.1) is 6.92 Å². The van der Waals surface area contributed by atoms with Crippen molar-refractivity contribution < 1.29 is 5.11 Å². The van der Waals surface area contributed by atoms with Crippen LogP contribution in [0.4, 0.5) is 5.82 Å². The Morgan fingerprint density at radius 1 is 1.64 bits per heavy atom. The molecule has 0 aliphatic carbocycles. The minimum atomic E-state index is -0.272. The number of hydrogen-bond donors (Lipinski definition) is 2. The summed E-state index contributed by atoms with van der Waals surface area (Å²) in [4.78, 5) is 4.24. The Bertz CT molecular complexity index is 302. The predicted molar refractivity (Wildman–Crippen MR) is 61.5 cm³/mol. The molecule has 1 rings (SSSR count). The van der Waals surface area contributed by atoms with Gasteiger partial charge in [0.25, 0.3) is 0 Å². The highest BCUT2D eigenvalue weighted by Crippen LogP contribution is 2.20. The van der Waals surface area contributed by atoms with E-state index >= 15 is 0 Å². The second-order valence-corrected chi connectivity index (χ2v) is 4.26. The molecule has 0 aliphatic rings. The number of pyridine rings is 1. The van der Waals surface area contributed by atoms with Gasteiger partial charge in [0, 0.05) is 12.7 Å². The van der Waals surface area contributed by atoms with Gasteiger partial charge in [-0.25, -0.2) is 4.98 Å². The molecule has 0 aromatic carbocycles. The monoisotopic (exact) mass is 258 g/mol. The maximum atomic E-state index is 9.07. The molecule has 78 valence electrons. The van der Waals surface area contributed by atoms with Crippen molar-refractivity contribution in [1.29, 1.82) is 0 Å². The summed E-state index contributed by atoms with van der Waals surface area (Å²) in [6.45, 7) is 4.50.